The van der Waals surface area contributed by atoms with Crippen LogP contribution in [-0.2, 0) is 16.0 Å². The molecule has 0 aromatic heterocycles. The van der Waals surface area contributed by atoms with Crippen LogP contribution in [0, 0.1) is 11.8 Å². The highest BCUT2D eigenvalue weighted by molar-refractivity contribution is 5.89. The molecule has 0 saturated heterocycles. The van der Waals surface area contributed by atoms with Crippen molar-refractivity contribution in [2.75, 3.05) is 6.54 Å². The van der Waals surface area contributed by atoms with Gasteiger partial charge in [0.05, 0.1) is 6.10 Å². The second kappa shape index (κ2) is 12.4. The number of carbonyl (C=O) groups excluding carboxylic acids is 2. The molecule has 4 nitrogen and oxygen atoms in total. The highest BCUT2D eigenvalue weighted by atomic mass is 16.3. The fourth-order valence-electron chi connectivity index (χ4n) is 3.82. The van der Waals surface area contributed by atoms with Gasteiger partial charge in [-0.05, 0) is 62.0 Å². The van der Waals surface area contributed by atoms with Crippen molar-refractivity contribution in [3.05, 3.63) is 71.8 Å². The van der Waals surface area contributed by atoms with Crippen LogP contribution in [0.4, 0.5) is 0 Å². The Bertz CT molecular complexity index is 805. The van der Waals surface area contributed by atoms with E-state index in [1.54, 1.807) is 0 Å². The number of aryl methyl sites for hydroxylation is 1. The minimum absolute atomic E-state index is 0.115. The standard InChI is InChI=1S/C27H35NO3/c29-24(17-14-21-8-4-3-5-9-21)18-15-23-16-19-26(30)25(23)10-6-1-2-7-11-27(31)28-20-22-12-13-22/h1,3-6,8-9,15-16,18,22,24-25,29H,2,7,10-14,17,19-20H2,(H,28,31)/b6-1-,18-15+/t24-,25+/m0/s1. The number of amides is 1. The minimum Gasteiger partial charge on any atom is -0.389 e. The Kier molecular flexibility index (Phi) is 9.29. The Hall–Kier alpha value is -2.46. The van der Waals surface area contributed by atoms with Crippen molar-refractivity contribution in [3.8, 4) is 0 Å². The molecule has 0 heterocycles. The molecule has 2 atom stereocenters. The zero-order valence-electron chi connectivity index (χ0n) is 18.3. The molecule has 3 rings (SSSR count). The van der Waals surface area contributed by atoms with E-state index in [0.717, 1.165) is 31.4 Å². The molecule has 31 heavy (non-hydrogen) atoms. The van der Waals surface area contributed by atoms with E-state index < -0.39 is 6.10 Å². The second-order valence-corrected chi connectivity index (χ2v) is 8.72. The van der Waals surface area contributed by atoms with Gasteiger partial charge in [0.2, 0.25) is 5.91 Å². The average Bonchev–Trinajstić information content (AvgIpc) is 3.55. The van der Waals surface area contributed by atoms with Crippen LogP contribution in [0.25, 0.3) is 0 Å². The number of nitrogens with one attached hydrogen (secondary N) is 1. The van der Waals surface area contributed by atoms with Crippen LogP contribution < -0.4 is 5.32 Å². The Morgan fingerprint density at radius 3 is 2.77 bits per heavy atom. The molecular formula is C27H35NO3. The fourth-order valence-corrected chi connectivity index (χ4v) is 3.82. The number of unbranched alkanes of at least 4 members (excludes halogenated alkanes) is 1. The van der Waals surface area contributed by atoms with E-state index in [1.807, 2.05) is 36.4 Å². The lowest BCUT2D eigenvalue weighted by atomic mass is 9.95. The number of ketones is 1. The number of hydrogen-bond acceptors (Lipinski definition) is 3. The third kappa shape index (κ3) is 8.66. The van der Waals surface area contributed by atoms with Gasteiger partial charge in [0.25, 0.3) is 0 Å². The fraction of sp³-hybridized carbons (Fsp3) is 0.481. The van der Waals surface area contributed by atoms with E-state index in [-0.39, 0.29) is 17.6 Å². The van der Waals surface area contributed by atoms with Gasteiger partial charge in [0, 0.05) is 25.3 Å². The van der Waals surface area contributed by atoms with E-state index in [0.29, 0.717) is 31.6 Å². The molecule has 0 spiro atoms. The molecule has 0 radical (unpaired) electrons. The van der Waals surface area contributed by atoms with Gasteiger partial charge < -0.3 is 10.4 Å². The predicted octanol–water partition coefficient (Wildman–Crippen LogP) is 4.69. The summed E-state index contributed by atoms with van der Waals surface area (Å²) in [7, 11) is 0. The Labute approximate surface area is 186 Å². The van der Waals surface area contributed by atoms with Gasteiger partial charge in [-0.3, -0.25) is 9.59 Å². The van der Waals surface area contributed by atoms with Gasteiger partial charge in [-0.2, -0.15) is 0 Å². The summed E-state index contributed by atoms with van der Waals surface area (Å²) >= 11 is 0. The monoisotopic (exact) mass is 421 g/mol. The normalized spacial score (nSPS) is 19.8. The number of Topliss-reactive ketones (excluding diaryl/α,β-unsaturated/α-hetero) is 1. The molecule has 2 N–H and O–H groups in total. The Morgan fingerprint density at radius 1 is 1.19 bits per heavy atom. The molecule has 0 bridgehead atoms. The first kappa shape index (κ1) is 23.2. The molecule has 0 unspecified atom stereocenters. The van der Waals surface area contributed by atoms with Crippen LogP contribution in [0.15, 0.2) is 66.3 Å². The van der Waals surface area contributed by atoms with Crippen molar-refractivity contribution in [1.82, 2.24) is 5.32 Å². The molecule has 166 valence electrons. The number of benzene rings is 1. The lowest BCUT2D eigenvalue weighted by Gasteiger charge is -2.10. The van der Waals surface area contributed by atoms with E-state index in [2.05, 4.69) is 29.6 Å². The third-order valence-electron chi connectivity index (χ3n) is 6.01. The number of rotatable bonds is 13. The topological polar surface area (TPSA) is 66.4 Å². The Balaban J connectivity index is 1.34. The van der Waals surface area contributed by atoms with Gasteiger partial charge in [-0.1, -0.05) is 60.7 Å². The van der Waals surface area contributed by atoms with Crippen molar-refractivity contribution in [2.24, 2.45) is 11.8 Å². The number of carbonyl (C=O) groups is 2. The smallest absolute Gasteiger partial charge is 0.220 e. The summed E-state index contributed by atoms with van der Waals surface area (Å²) in [4.78, 5) is 24.0. The largest absolute Gasteiger partial charge is 0.389 e. The van der Waals surface area contributed by atoms with Gasteiger partial charge >= 0.3 is 0 Å². The van der Waals surface area contributed by atoms with E-state index in [1.165, 1.54) is 18.4 Å². The summed E-state index contributed by atoms with van der Waals surface area (Å²) < 4.78 is 0. The number of hydrogen-bond donors (Lipinski definition) is 2. The van der Waals surface area contributed by atoms with Crippen molar-refractivity contribution in [3.63, 3.8) is 0 Å². The molecule has 2 aliphatic carbocycles. The van der Waals surface area contributed by atoms with Crippen LogP contribution in [0.2, 0.25) is 0 Å². The van der Waals surface area contributed by atoms with Gasteiger partial charge in [0.1, 0.15) is 5.78 Å². The van der Waals surface area contributed by atoms with Crippen LogP contribution in [-0.4, -0.2) is 29.4 Å². The highest BCUT2D eigenvalue weighted by Crippen LogP contribution is 2.28. The summed E-state index contributed by atoms with van der Waals surface area (Å²) in [6.45, 7) is 0.835. The first-order valence-corrected chi connectivity index (χ1v) is 11.7. The van der Waals surface area contributed by atoms with Gasteiger partial charge in [0.15, 0.2) is 0 Å². The minimum atomic E-state index is -0.515. The number of aliphatic hydroxyl groups is 1. The van der Waals surface area contributed by atoms with Crippen molar-refractivity contribution >= 4 is 11.7 Å². The van der Waals surface area contributed by atoms with Crippen molar-refractivity contribution in [1.29, 1.82) is 0 Å². The SMILES string of the molecule is O=C(CCC/C=C\C[C@H]1C(=O)CC=C1/C=C/[C@@H](O)CCc1ccccc1)NCC1CC1. The van der Waals surface area contributed by atoms with Gasteiger partial charge in [-0.15, -0.1) is 0 Å². The maximum absolute atomic E-state index is 12.2. The predicted molar refractivity (Wildman–Crippen MR) is 124 cm³/mol. The van der Waals surface area contributed by atoms with Crippen molar-refractivity contribution < 1.29 is 14.7 Å². The molecule has 2 aliphatic rings. The molecular weight excluding hydrogens is 386 g/mol. The lowest BCUT2D eigenvalue weighted by molar-refractivity contribution is -0.121. The summed E-state index contributed by atoms with van der Waals surface area (Å²) in [5, 5.41) is 13.3. The first-order valence-electron chi connectivity index (χ1n) is 11.7. The molecule has 1 aromatic rings. The molecule has 0 aliphatic heterocycles. The van der Waals surface area contributed by atoms with Crippen molar-refractivity contribution in [2.45, 2.75) is 63.9 Å². The summed E-state index contributed by atoms with van der Waals surface area (Å²) in [5.41, 5.74) is 2.22. The molecule has 4 heteroatoms. The van der Waals surface area contributed by atoms with E-state index in [9.17, 15) is 14.7 Å². The maximum atomic E-state index is 12.2. The molecule has 1 aromatic carbocycles. The van der Waals surface area contributed by atoms with E-state index in [4.69, 9.17) is 0 Å². The molecule has 1 fully saturated rings. The molecule has 1 saturated carbocycles. The number of allylic oxidation sites excluding steroid dienone is 5. The quantitative estimate of drug-likeness (QED) is 0.359. The maximum Gasteiger partial charge on any atom is 0.220 e. The summed E-state index contributed by atoms with van der Waals surface area (Å²) in [5.74, 6) is 0.986. The van der Waals surface area contributed by atoms with Crippen LogP contribution in [0.3, 0.4) is 0 Å². The Morgan fingerprint density at radius 2 is 2.00 bits per heavy atom. The number of aliphatic hydroxyl groups excluding tert-OH is 1. The van der Waals surface area contributed by atoms with Crippen LogP contribution in [0.5, 0.6) is 0 Å². The van der Waals surface area contributed by atoms with Crippen LogP contribution >= 0.6 is 0 Å². The van der Waals surface area contributed by atoms with Gasteiger partial charge in [-0.25, -0.2) is 0 Å². The third-order valence-corrected chi connectivity index (χ3v) is 6.01. The van der Waals surface area contributed by atoms with E-state index >= 15 is 0 Å². The second-order valence-electron chi connectivity index (χ2n) is 8.72. The zero-order valence-corrected chi connectivity index (χ0v) is 18.3. The first-order chi connectivity index (χ1) is 15.1. The summed E-state index contributed by atoms with van der Waals surface area (Å²) in [6.07, 6.45) is 16.7. The highest BCUT2D eigenvalue weighted by Gasteiger charge is 2.24. The zero-order chi connectivity index (χ0) is 21.9. The van der Waals surface area contributed by atoms with Crippen LogP contribution in [0.1, 0.15) is 56.9 Å². The lowest BCUT2D eigenvalue weighted by Crippen LogP contribution is -2.24. The summed E-state index contributed by atoms with van der Waals surface area (Å²) in [6, 6.07) is 10.1. The molecule has 1 amide bonds. The average molecular weight is 422 g/mol.